The van der Waals surface area contributed by atoms with Crippen LogP contribution >= 0.6 is 11.6 Å². The summed E-state index contributed by atoms with van der Waals surface area (Å²) in [5, 5.41) is 0.643. The molecule has 0 saturated heterocycles. The van der Waals surface area contributed by atoms with Gasteiger partial charge in [-0.05, 0) is 41.5 Å². The fraction of sp³-hybridized carbons (Fsp3) is 0.125. The van der Waals surface area contributed by atoms with Crippen LogP contribution in [0.5, 0.6) is 0 Å². The normalized spacial score (nSPS) is 15.2. The maximum absolute atomic E-state index is 13.1. The van der Waals surface area contributed by atoms with Gasteiger partial charge in [0.15, 0.2) is 0 Å². The SMILES string of the molecule is O=C1C(CC#Cc2ccccc2)c2cc(Cl)ccc2N1Cc1ccccc1. The number of carbonyl (C=O) groups is 1. The molecule has 3 heteroatoms. The summed E-state index contributed by atoms with van der Waals surface area (Å²) in [6.07, 6.45) is 0.479. The Hall–Kier alpha value is -3.02. The molecule has 1 heterocycles. The van der Waals surface area contributed by atoms with Gasteiger partial charge in [0.2, 0.25) is 5.91 Å². The highest BCUT2D eigenvalue weighted by molar-refractivity contribution is 6.31. The number of hydrogen-bond donors (Lipinski definition) is 0. The van der Waals surface area contributed by atoms with Crippen molar-refractivity contribution in [2.45, 2.75) is 18.9 Å². The van der Waals surface area contributed by atoms with E-state index in [1.165, 1.54) is 0 Å². The minimum Gasteiger partial charge on any atom is -0.307 e. The van der Waals surface area contributed by atoms with E-state index in [4.69, 9.17) is 11.6 Å². The van der Waals surface area contributed by atoms with Crippen molar-refractivity contribution in [1.29, 1.82) is 0 Å². The molecule has 0 aliphatic carbocycles. The van der Waals surface area contributed by atoms with Gasteiger partial charge in [-0.1, -0.05) is 72.0 Å². The molecule has 0 fully saturated rings. The fourth-order valence-corrected chi connectivity index (χ4v) is 3.57. The summed E-state index contributed by atoms with van der Waals surface area (Å²) in [5.74, 6) is 6.13. The summed E-state index contributed by atoms with van der Waals surface area (Å²) in [6.45, 7) is 0.552. The molecule has 4 rings (SSSR count). The molecular formula is C24H18ClNO. The second kappa shape index (κ2) is 7.70. The lowest BCUT2D eigenvalue weighted by molar-refractivity contribution is -0.119. The van der Waals surface area contributed by atoms with Crippen molar-refractivity contribution in [3.05, 3.63) is 101 Å². The van der Waals surface area contributed by atoms with Crippen LogP contribution in [0.25, 0.3) is 0 Å². The van der Waals surface area contributed by atoms with Crippen LogP contribution in [0.2, 0.25) is 5.02 Å². The predicted molar refractivity (Wildman–Crippen MR) is 110 cm³/mol. The van der Waals surface area contributed by atoms with Crippen molar-refractivity contribution in [3.63, 3.8) is 0 Å². The molecule has 132 valence electrons. The highest BCUT2D eigenvalue weighted by atomic mass is 35.5. The number of rotatable bonds is 3. The Bertz CT molecular complexity index is 1020. The average molecular weight is 372 g/mol. The van der Waals surface area contributed by atoms with Crippen LogP contribution in [0.3, 0.4) is 0 Å². The third kappa shape index (κ3) is 3.74. The first kappa shape index (κ1) is 17.4. The van der Waals surface area contributed by atoms with E-state index in [1.807, 2.05) is 83.8 Å². The highest BCUT2D eigenvalue weighted by Gasteiger charge is 2.36. The number of benzene rings is 3. The lowest BCUT2D eigenvalue weighted by Gasteiger charge is -2.18. The molecule has 1 atom stereocenters. The highest BCUT2D eigenvalue weighted by Crippen LogP contribution is 2.41. The lowest BCUT2D eigenvalue weighted by atomic mass is 9.97. The van der Waals surface area contributed by atoms with Gasteiger partial charge in [-0.15, -0.1) is 0 Å². The van der Waals surface area contributed by atoms with Crippen LogP contribution in [-0.4, -0.2) is 5.91 Å². The zero-order valence-electron chi connectivity index (χ0n) is 14.7. The summed E-state index contributed by atoms with van der Waals surface area (Å²) < 4.78 is 0. The van der Waals surface area contributed by atoms with Crippen LogP contribution in [0.15, 0.2) is 78.9 Å². The van der Waals surface area contributed by atoms with Gasteiger partial charge in [-0.3, -0.25) is 4.79 Å². The Morgan fingerprint density at radius 1 is 0.926 bits per heavy atom. The van der Waals surface area contributed by atoms with E-state index in [2.05, 4.69) is 11.8 Å². The zero-order valence-corrected chi connectivity index (χ0v) is 15.5. The van der Waals surface area contributed by atoms with E-state index in [0.29, 0.717) is 18.0 Å². The third-order valence-electron chi connectivity index (χ3n) is 4.72. The second-order valence-corrected chi connectivity index (χ2v) is 6.97. The minimum atomic E-state index is -0.279. The van der Waals surface area contributed by atoms with Crippen molar-refractivity contribution in [1.82, 2.24) is 0 Å². The number of halogens is 1. The molecule has 0 bridgehead atoms. The van der Waals surface area contributed by atoms with Gasteiger partial charge >= 0.3 is 0 Å². The second-order valence-electron chi connectivity index (χ2n) is 6.54. The molecule has 1 unspecified atom stereocenters. The molecule has 1 aliphatic rings. The largest absolute Gasteiger partial charge is 0.307 e. The molecule has 0 spiro atoms. The number of hydrogen-bond acceptors (Lipinski definition) is 1. The van der Waals surface area contributed by atoms with Gasteiger partial charge < -0.3 is 4.90 Å². The predicted octanol–water partition coefficient (Wildman–Crippen LogP) is 5.41. The van der Waals surface area contributed by atoms with E-state index in [1.54, 1.807) is 0 Å². The summed E-state index contributed by atoms with van der Waals surface area (Å²) in [5.41, 5.74) is 3.95. The molecule has 1 aliphatic heterocycles. The molecule has 0 N–H and O–H groups in total. The van der Waals surface area contributed by atoms with E-state index in [-0.39, 0.29) is 11.8 Å². The van der Waals surface area contributed by atoms with Crippen molar-refractivity contribution in [3.8, 4) is 11.8 Å². The fourth-order valence-electron chi connectivity index (χ4n) is 3.39. The smallest absolute Gasteiger partial charge is 0.235 e. The van der Waals surface area contributed by atoms with Crippen LogP contribution in [0, 0.1) is 11.8 Å². The Morgan fingerprint density at radius 3 is 2.37 bits per heavy atom. The maximum Gasteiger partial charge on any atom is 0.235 e. The van der Waals surface area contributed by atoms with Gasteiger partial charge in [0.05, 0.1) is 12.5 Å². The van der Waals surface area contributed by atoms with Crippen molar-refractivity contribution >= 4 is 23.2 Å². The van der Waals surface area contributed by atoms with Crippen molar-refractivity contribution in [2.24, 2.45) is 0 Å². The van der Waals surface area contributed by atoms with Gasteiger partial charge in [-0.25, -0.2) is 0 Å². The quantitative estimate of drug-likeness (QED) is 0.563. The molecular weight excluding hydrogens is 354 g/mol. The molecule has 27 heavy (non-hydrogen) atoms. The first-order chi connectivity index (χ1) is 13.2. The Balaban J connectivity index is 1.62. The van der Waals surface area contributed by atoms with Gasteiger partial charge in [0.1, 0.15) is 0 Å². The van der Waals surface area contributed by atoms with Crippen molar-refractivity contribution in [2.75, 3.05) is 4.90 Å². The maximum atomic E-state index is 13.1. The number of carbonyl (C=O) groups excluding carboxylic acids is 1. The molecule has 2 nitrogen and oxygen atoms in total. The summed E-state index contributed by atoms with van der Waals surface area (Å²) in [4.78, 5) is 15.0. The van der Waals surface area contributed by atoms with Crippen LogP contribution in [-0.2, 0) is 11.3 Å². The molecule has 1 amide bonds. The minimum absolute atomic E-state index is 0.0819. The Labute approximate surface area is 164 Å². The molecule has 0 saturated carbocycles. The number of nitrogens with zero attached hydrogens (tertiary/aromatic N) is 1. The summed E-state index contributed by atoms with van der Waals surface area (Å²) in [7, 11) is 0. The number of amides is 1. The van der Waals surface area contributed by atoms with Crippen LogP contribution < -0.4 is 4.90 Å². The topological polar surface area (TPSA) is 20.3 Å². The van der Waals surface area contributed by atoms with Crippen molar-refractivity contribution < 1.29 is 4.79 Å². The van der Waals surface area contributed by atoms with Gasteiger partial charge in [0.25, 0.3) is 0 Å². The summed E-state index contributed by atoms with van der Waals surface area (Å²) in [6, 6.07) is 25.5. The van der Waals surface area contributed by atoms with Gasteiger partial charge in [0, 0.05) is 22.7 Å². The average Bonchev–Trinajstić information content (AvgIpc) is 2.95. The first-order valence-electron chi connectivity index (χ1n) is 8.91. The van der Waals surface area contributed by atoms with E-state index < -0.39 is 0 Å². The monoisotopic (exact) mass is 371 g/mol. The Kier molecular flexibility index (Phi) is 4.96. The molecule has 3 aromatic carbocycles. The lowest BCUT2D eigenvalue weighted by Crippen LogP contribution is -2.28. The van der Waals surface area contributed by atoms with Crippen LogP contribution in [0.4, 0.5) is 5.69 Å². The molecule has 0 aromatic heterocycles. The number of anilines is 1. The first-order valence-corrected chi connectivity index (χ1v) is 9.29. The van der Waals surface area contributed by atoms with Crippen LogP contribution in [0.1, 0.15) is 29.0 Å². The Morgan fingerprint density at radius 2 is 1.63 bits per heavy atom. The standard InChI is InChI=1S/C24H18ClNO/c25-20-14-15-23-22(16-20)21(13-7-12-18-8-3-1-4-9-18)24(27)26(23)17-19-10-5-2-6-11-19/h1-6,8-11,14-16,21H,13,17H2. The van der Waals surface area contributed by atoms with E-state index in [9.17, 15) is 4.79 Å². The zero-order chi connectivity index (χ0) is 18.6. The van der Waals surface area contributed by atoms with E-state index >= 15 is 0 Å². The molecule has 0 radical (unpaired) electrons. The molecule has 3 aromatic rings. The summed E-state index contributed by atoms with van der Waals surface area (Å²) >= 11 is 6.21. The number of fused-ring (bicyclic) bond motifs is 1. The van der Waals surface area contributed by atoms with E-state index in [0.717, 1.165) is 22.4 Å². The van der Waals surface area contributed by atoms with Gasteiger partial charge in [-0.2, -0.15) is 0 Å². The third-order valence-corrected chi connectivity index (χ3v) is 4.95.